The van der Waals surface area contributed by atoms with Gasteiger partial charge < -0.3 is 20.2 Å². The number of nitrogens with zero attached hydrogens (tertiary/aromatic N) is 2. The first-order valence-electron chi connectivity index (χ1n) is 13.7. The molecule has 0 unspecified atom stereocenters. The van der Waals surface area contributed by atoms with Gasteiger partial charge in [0.15, 0.2) is 0 Å². The molecule has 8 heteroatoms. The zero-order valence-corrected chi connectivity index (χ0v) is 24.0. The van der Waals surface area contributed by atoms with Crippen LogP contribution in [0.25, 0.3) is 50.4 Å². The van der Waals surface area contributed by atoms with Crippen LogP contribution in [-0.2, 0) is 16.0 Å². The van der Waals surface area contributed by atoms with E-state index >= 15 is 0 Å². The van der Waals surface area contributed by atoms with E-state index in [0.29, 0.717) is 18.5 Å². The molecular weight excluding hydrogens is 516 g/mol. The minimum Gasteiger partial charge on any atom is -0.481 e. The van der Waals surface area contributed by atoms with Crippen molar-refractivity contribution in [2.45, 2.75) is 60.3 Å². The molecule has 0 saturated heterocycles. The van der Waals surface area contributed by atoms with Gasteiger partial charge in [0, 0.05) is 40.5 Å². The highest BCUT2D eigenvalue weighted by atomic mass is 16.4. The second-order valence-electron chi connectivity index (χ2n) is 10.7. The number of H-pyrrole nitrogens is 2. The molecule has 3 aromatic heterocycles. The van der Waals surface area contributed by atoms with Crippen LogP contribution in [0.5, 0.6) is 0 Å². The molecule has 0 amide bonds. The molecule has 5 rings (SSSR count). The fourth-order valence-electron chi connectivity index (χ4n) is 5.62. The second-order valence-corrected chi connectivity index (χ2v) is 10.7. The number of aromatic nitrogens is 4. The maximum absolute atomic E-state index is 11.5. The van der Waals surface area contributed by atoms with Crippen molar-refractivity contribution in [1.29, 1.82) is 0 Å². The molecule has 0 saturated carbocycles. The molecule has 0 radical (unpaired) electrons. The Balaban J connectivity index is 1.93. The highest BCUT2D eigenvalue weighted by Gasteiger charge is 2.21. The summed E-state index contributed by atoms with van der Waals surface area (Å²) in [5.74, 6) is -1.75. The van der Waals surface area contributed by atoms with Gasteiger partial charge in [-0.2, -0.15) is 0 Å². The molecule has 8 bridgehead atoms. The Labute approximate surface area is 238 Å². The number of aliphatic carboxylic acids is 2. The normalized spacial score (nSPS) is 13.2. The summed E-state index contributed by atoms with van der Waals surface area (Å²) in [6.07, 6.45) is 2.49. The van der Waals surface area contributed by atoms with Gasteiger partial charge in [-0.1, -0.05) is 12.7 Å². The molecule has 8 nitrogen and oxygen atoms in total. The summed E-state index contributed by atoms with van der Waals surface area (Å²) < 4.78 is 0. The van der Waals surface area contributed by atoms with E-state index in [9.17, 15) is 19.8 Å². The molecule has 210 valence electrons. The van der Waals surface area contributed by atoms with E-state index in [2.05, 4.69) is 23.5 Å². The van der Waals surface area contributed by atoms with Crippen LogP contribution in [0.2, 0.25) is 0 Å². The van der Waals surface area contributed by atoms with Crippen LogP contribution in [0, 0.1) is 13.8 Å². The number of allylic oxidation sites excluding steroid dienone is 4. The third-order valence-electron chi connectivity index (χ3n) is 8.28. The molecule has 0 atom stereocenters. The van der Waals surface area contributed by atoms with E-state index in [0.717, 1.165) is 83.7 Å². The smallest absolute Gasteiger partial charge is 0.303 e. The molecular formula is C33H34N4O4. The third kappa shape index (κ3) is 5.13. The van der Waals surface area contributed by atoms with Gasteiger partial charge in [-0.05, 0) is 111 Å². The molecule has 4 N–H and O–H groups in total. The summed E-state index contributed by atoms with van der Waals surface area (Å²) in [7, 11) is 0. The van der Waals surface area contributed by atoms with Crippen LogP contribution in [0.1, 0.15) is 85.1 Å². The highest BCUT2D eigenvalue weighted by Crippen LogP contribution is 2.36. The van der Waals surface area contributed by atoms with Crippen molar-refractivity contribution >= 4 is 62.4 Å². The van der Waals surface area contributed by atoms with Crippen molar-refractivity contribution in [3.8, 4) is 0 Å². The molecule has 2 aliphatic heterocycles. The molecule has 5 heterocycles. The lowest BCUT2D eigenvalue weighted by atomic mass is 10.00. The summed E-state index contributed by atoms with van der Waals surface area (Å²) in [6.45, 7) is 14.1. The SMILES string of the molecule is C=Cc1c(C)c2cc3[nH]c(cc4nc(cc5nc(cc1[nH]2)C(C)=C5C)C(C)=C4CCC(=O)O)c(CCC(=O)O)c3C. The fraction of sp³-hybridized carbons (Fsp3) is 0.273. The van der Waals surface area contributed by atoms with Gasteiger partial charge in [0.2, 0.25) is 0 Å². The van der Waals surface area contributed by atoms with Crippen molar-refractivity contribution in [3.63, 3.8) is 0 Å². The van der Waals surface area contributed by atoms with E-state index in [1.54, 1.807) is 0 Å². The van der Waals surface area contributed by atoms with Gasteiger partial charge >= 0.3 is 11.9 Å². The Morgan fingerprint density at radius 2 is 1.24 bits per heavy atom. The Morgan fingerprint density at radius 3 is 1.90 bits per heavy atom. The van der Waals surface area contributed by atoms with Gasteiger partial charge in [0.05, 0.1) is 22.8 Å². The molecule has 0 aliphatic carbocycles. The first-order valence-corrected chi connectivity index (χ1v) is 13.7. The van der Waals surface area contributed by atoms with E-state index < -0.39 is 11.9 Å². The Morgan fingerprint density at radius 1 is 0.707 bits per heavy atom. The zero-order chi connectivity index (χ0) is 29.6. The molecule has 0 spiro atoms. The number of fused-ring (bicyclic) bond motifs is 8. The molecule has 2 aliphatic rings. The van der Waals surface area contributed by atoms with E-state index in [-0.39, 0.29) is 12.8 Å². The van der Waals surface area contributed by atoms with Crippen molar-refractivity contribution < 1.29 is 19.8 Å². The average Bonchev–Trinajstić information content (AvgIpc) is 3.56. The second kappa shape index (κ2) is 10.7. The number of carboxylic acid groups (broad SMARTS) is 2. The summed E-state index contributed by atoms with van der Waals surface area (Å²) >= 11 is 0. The largest absolute Gasteiger partial charge is 0.481 e. The maximum atomic E-state index is 11.5. The number of carboxylic acids is 2. The van der Waals surface area contributed by atoms with Crippen molar-refractivity contribution in [2.24, 2.45) is 0 Å². The summed E-state index contributed by atoms with van der Waals surface area (Å²) in [6, 6.07) is 7.97. The number of hydrogen-bond donors (Lipinski definition) is 4. The number of hydrogen-bond acceptors (Lipinski definition) is 4. The summed E-state index contributed by atoms with van der Waals surface area (Å²) in [4.78, 5) is 40.0. The Bertz CT molecular complexity index is 1870. The minimum absolute atomic E-state index is 0.0119. The predicted octanol–water partition coefficient (Wildman–Crippen LogP) is 7.34. The fourth-order valence-corrected chi connectivity index (χ4v) is 5.62. The average molecular weight is 551 g/mol. The number of aryl methyl sites for hydroxylation is 3. The molecule has 41 heavy (non-hydrogen) atoms. The van der Waals surface area contributed by atoms with Crippen LogP contribution < -0.4 is 0 Å². The van der Waals surface area contributed by atoms with E-state index in [1.165, 1.54) is 0 Å². The standard InChI is InChI=1S/C33H34N4O4/c1-7-21-18(4)26-13-28-20(6)23(9-11-33(40)41)31(37-28)15-30-22(8-10-32(38)39)19(5)27(36-30)12-24-16(2)17(3)25(34-24)14-29(21)35-26/h7,12-15,35,37H,1,8-11H2,2-6H3,(H,38,39)(H,40,41). The lowest BCUT2D eigenvalue weighted by Crippen LogP contribution is -1.98. The van der Waals surface area contributed by atoms with Crippen LogP contribution >= 0.6 is 0 Å². The lowest BCUT2D eigenvalue weighted by molar-refractivity contribution is -0.137. The van der Waals surface area contributed by atoms with Crippen LogP contribution in [-0.4, -0.2) is 42.1 Å². The molecule has 0 fully saturated rings. The van der Waals surface area contributed by atoms with Crippen molar-refractivity contribution in [2.75, 3.05) is 0 Å². The zero-order valence-electron chi connectivity index (χ0n) is 24.0. The van der Waals surface area contributed by atoms with Crippen molar-refractivity contribution in [3.05, 3.63) is 75.9 Å². The van der Waals surface area contributed by atoms with E-state index in [1.807, 2.05) is 58.0 Å². The van der Waals surface area contributed by atoms with Gasteiger partial charge in [0.1, 0.15) is 0 Å². The number of nitrogens with one attached hydrogen (secondary N) is 2. The Hall–Kier alpha value is -4.72. The number of aromatic amines is 2. The molecule has 3 aromatic rings. The highest BCUT2D eigenvalue weighted by molar-refractivity contribution is 5.96. The topological polar surface area (TPSA) is 132 Å². The summed E-state index contributed by atoms with van der Waals surface area (Å²) in [5.41, 5.74) is 14.3. The Kier molecular flexibility index (Phi) is 7.26. The third-order valence-corrected chi connectivity index (χ3v) is 8.28. The van der Waals surface area contributed by atoms with Crippen LogP contribution in [0.15, 0.2) is 30.8 Å². The number of carbonyl (C=O) groups is 2. The predicted molar refractivity (Wildman–Crippen MR) is 164 cm³/mol. The summed E-state index contributed by atoms with van der Waals surface area (Å²) in [5, 5.41) is 18.9. The lowest BCUT2D eigenvalue weighted by Gasteiger charge is -2.03. The van der Waals surface area contributed by atoms with E-state index in [4.69, 9.17) is 9.97 Å². The monoisotopic (exact) mass is 550 g/mol. The van der Waals surface area contributed by atoms with Crippen LogP contribution in [0.4, 0.5) is 0 Å². The van der Waals surface area contributed by atoms with Gasteiger partial charge in [-0.3, -0.25) is 9.59 Å². The molecule has 0 aromatic carbocycles. The van der Waals surface area contributed by atoms with Crippen LogP contribution in [0.3, 0.4) is 0 Å². The first-order chi connectivity index (χ1) is 19.5. The maximum Gasteiger partial charge on any atom is 0.303 e. The first kappa shape index (κ1) is 27.8. The van der Waals surface area contributed by atoms with Crippen molar-refractivity contribution in [1.82, 2.24) is 19.9 Å². The number of rotatable bonds is 7. The quantitative estimate of drug-likeness (QED) is 0.243. The van der Waals surface area contributed by atoms with Gasteiger partial charge in [0.25, 0.3) is 0 Å². The minimum atomic E-state index is -0.876. The van der Waals surface area contributed by atoms with Gasteiger partial charge in [-0.15, -0.1) is 0 Å². The van der Waals surface area contributed by atoms with Gasteiger partial charge in [-0.25, -0.2) is 9.97 Å².